The SMILES string of the molecule is CCCCCN(C)C(=O)CNC(=O)NC(CN1CCCCS1=O)C(C)(C)C. The van der Waals surface area contributed by atoms with E-state index in [1.807, 2.05) is 4.31 Å². The smallest absolute Gasteiger partial charge is 0.315 e. The van der Waals surface area contributed by atoms with Gasteiger partial charge in [-0.2, -0.15) is 0 Å². The molecule has 1 rings (SSSR count). The van der Waals surface area contributed by atoms with Crippen LogP contribution in [0, 0.1) is 5.41 Å². The molecule has 2 unspecified atom stereocenters. The fourth-order valence-electron chi connectivity index (χ4n) is 2.88. The summed E-state index contributed by atoms with van der Waals surface area (Å²) in [5.74, 6) is 0.604. The van der Waals surface area contributed by atoms with E-state index in [1.165, 1.54) is 0 Å². The molecular weight excluding hydrogens is 364 g/mol. The number of carbonyl (C=O) groups is 2. The Morgan fingerprint density at radius 3 is 2.52 bits per heavy atom. The second kappa shape index (κ2) is 11.6. The Kier molecular flexibility index (Phi) is 10.3. The molecule has 3 amide bonds. The van der Waals surface area contributed by atoms with Crippen LogP contribution < -0.4 is 10.6 Å². The van der Waals surface area contributed by atoms with Crippen molar-refractivity contribution in [2.24, 2.45) is 5.41 Å². The highest BCUT2D eigenvalue weighted by atomic mass is 32.2. The molecule has 0 saturated carbocycles. The number of hydrogen-bond donors (Lipinski definition) is 2. The van der Waals surface area contributed by atoms with E-state index in [2.05, 4.69) is 38.3 Å². The van der Waals surface area contributed by atoms with Gasteiger partial charge in [0.25, 0.3) is 0 Å². The van der Waals surface area contributed by atoms with Crippen LogP contribution in [0.5, 0.6) is 0 Å². The van der Waals surface area contributed by atoms with E-state index in [9.17, 15) is 13.8 Å². The van der Waals surface area contributed by atoms with E-state index in [0.29, 0.717) is 18.8 Å². The highest BCUT2D eigenvalue weighted by molar-refractivity contribution is 7.82. The number of likely N-dealkylation sites (N-methyl/N-ethyl adjacent to an activating group) is 1. The minimum absolute atomic E-state index is 0.0129. The van der Waals surface area contributed by atoms with Gasteiger partial charge in [-0.15, -0.1) is 0 Å². The Morgan fingerprint density at radius 2 is 1.93 bits per heavy atom. The molecule has 0 aromatic carbocycles. The largest absolute Gasteiger partial charge is 0.344 e. The Hall–Kier alpha value is -1.15. The molecule has 0 aromatic rings. The average molecular weight is 403 g/mol. The van der Waals surface area contributed by atoms with Crippen molar-refractivity contribution in [1.82, 2.24) is 19.8 Å². The van der Waals surface area contributed by atoms with Gasteiger partial charge in [0.2, 0.25) is 5.91 Å². The maximum absolute atomic E-state index is 12.3. The third-order valence-electron chi connectivity index (χ3n) is 4.92. The zero-order valence-electron chi connectivity index (χ0n) is 17.7. The molecule has 1 aliphatic heterocycles. The number of urea groups is 1. The Labute approximate surface area is 167 Å². The van der Waals surface area contributed by atoms with Crippen LogP contribution in [0.4, 0.5) is 4.79 Å². The van der Waals surface area contributed by atoms with Gasteiger partial charge >= 0.3 is 6.03 Å². The predicted octanol–water partition coefficient (Wildman–Crippen LogP) is 2.11. The number of nitrogens with one attached hydrogen (secondary N) is 2. The number of rotatable bonds is 9. The van der Waals surface area contributed by atoms with Crippen LogP contribution in [-0.4, -0.2) is 70.4 Å². The van der Waals surface area contributed by atoms with Crippen molar-refractivity contribution in [3.8, 4) is 0 Å². The lowest BCUT2D eigenvalue weighted by Crippen LogP contribution is -2.55. The molecule has 0 radical (unpaired) electrons. The van der Waals surface area contributed by atoms with Crippen LogP contribution in [0.1, 0.15) is 59.8 Å². The molecule has 158 valence electrons. The van der Waals surface area contributed by atoms with Gasteiger partial charge in [0, 0.05) is 38.5 Å². The molecule has 1 aliphatic rings. The van der Waals surface area contributed by atoms with Gasteiger partial charge in [-0.25, -0.2) is 13.3 Å². The maximum Gasteiger partial charge on any atom is 0.315 e. The van der Waals surface area contributed by atoms with E-state index in [-0.39, 0.29) is 29.9 Å². The molecule has 7 nitrogen and oxygen atoms in total. The molecule has 0 spiro atoms. The Balaban J connectivity index is 2.49. The third kappa shape index (κ3) is 9.06. The van der Waals surface area contributed by atoms with Gasteiger partial charge in [-0.3, -0.25) is 4.79 Å². The molecule has 1 heterocycles. The number of nitrogens with zero attached hydrogens (tertiary/aromatic N) is 2. The summed E-state index contributed by atoms with van der Waals surface area (Å²) in [5, 5.41) is 5.64. The van der Waals surface area contributed by atoms with Crippen molar-refractivity contribution in [2.75, 3.05) is 39.0 Å². The molecule has 0 aliphatic carbocycles. The number of hydrogen-bond acceptors (Lipinski definition) is 3. The minimum atomic E-state index is -0.969. The molecule has 8 heteroatoms. The van der Waals surface area contributed by atoms with Crippen molar-refractivity contribution in [1.29, 1.82) is 0 Å². The van der Waals surface area contributed by atoms with Crippen LogP contribution >= 0.6 is 0 Å². The predicted molar refractivity (Wildman–Crippen MR) is 111 cm³/mol. The van der Waals surface area contributed by atoms with Crippen molar-refractivity contribution >= 4 is 22.9 Å². The second-order valence-corrected chi connectivity index (χ2v) is 9.96. The molecule has 0 bridgehead atoms. The van der Waals surface area contributed by atoms with Crippen LogP contribution in [0.15, 0.2) is 0 Å². The van der Waals surface area contributed by atoms with Gasteiger partial charge in [0.05, 0.1) is 17.5 Å². The summed E-state index contributed by atoms with van der Waals surface area (Å²) in [6.07, 6.45) is 5.21. The van der Waals surface area contributed by atoms with Gasteiger partial charge < -0.3 is 15.5 Å². The second-order valence-electron chi connectivity index (χ2n) is 8.39. The maximum atomic E-state index is 12.3. The number of amides is 3. The zero-order valence-corrected chi connectivity index (χ0v) is 18.5. The van der Waals surface area contributed by atoms with Crippen molar-refractivity contribution in [2.45, 2.75) is 65.8 Å². The van der Waals surface area contributed by atoms with Crippen molar-refractivity contribution in [3.63, 3.8) is 0 Å². The first-order valence-corrected chi connectivity index (χ1v) is 11.3. The van der Waals surface area contributed by atoms with Crippen molar-refractivity contribution < 1.29 is 13.8 Å². The minimum Gasteiger partial charge on any atom is -0.344 e. The summed E-state index contributed by atoms with van der Waals surface area (Å²) < 4.78 is 14.1. The summed E-state index contributed by atoms with van der Waals surface area (Å²) in [7, 11) is 0.796. The summed E-state index contributed by atoms with van der Waals surface area (Å²) in [6, 6.07) is -0.509. The lowest BCUT2D eigenvalue weighted by Gasteiger charge is -2.36. The first-order valence-electron chi connectivity index (χ1n) is 10.1. The van der Waals surface area contributed by atoms with E-state index >= 15 is 0 Å². The number of carbonyl (C=O) groups excluding carboxylic acids is 2. The average Bonchev–Trinajstić information content (AvgIpc) is 2.60. The molecule has 2 atom stereocenters. The van der Waals surface area contributed by atoms with Crippen LogP contribution in [0.3, 0.4) is 0 Å². The van der Waals surface area contributed by atoms with Gasteiger partial charge in [0.1, 0.15) is 0 Å². The molecule has 1 saturated heterocycles. The monoisotopic (exact) mass is 402 g/mol. The summed E-state index contributed by atoms with van der Waals surface area (Å²) in [4.78, 5) is 26.1. The fraction of sp³-hybridized carbons (Fsp3) is 0.895. The molecular formula is C19H38N4O3S. The fourth-order valence-corrected chi connectivity index (χ4v) is 4.24. The molecule has 1 fully saturated rings. The Bertz CT molecular complexity index is 508. The van der Waals surface area contributed by atoms with Crippen LogP contribution in [-0.2, 0) is 15.8 Å². The first-order chi connectivity index (χ1) is 12.6. The Morgan fingerprint density at radius 1 is 1.22 bits per heavy atom. The van der Waals surface area contributed by atoms with E-state index in [1.54, 1.807) is 11.9 Å². The standard InChI is InChI=1S/C19H38N4O3S/c1-6-7-8-11-22(5)17(24)14-20-18(25)21-16(19(2,3)4)15-23-12-9-10-13-27(23)26/h16H,6-15H2,1-5H3,(H2,20,21,25). The van der Waals surface area contributed by atoms with Gasteiger partial charge in [-0.1, -0.05) is 40.5 Å². The van der Waals surface area contributed by atoms with Gasteiger partial charge in [-0.05, 0) is 24.7 Å². The first kappa shape index (κ1) is 23.9. The van der Waals surface area contributed by atoms with E-state index in [0.717, 1.165) is 38.6 Å². The van der Waals surface area contributed by atoms with Gasteiger partial charge in [0.15, 0.2) is 0 Å². The summed E-state index contributed by atoms with van der Waals surface area (Å²) in [6.45, 7) is 10.3. The van der Waals surface area contributed by atoms with Crippen LogP contribution in [0.25, 0.3) is 0 Å². The molecule has 27 heavy (non-hydrogen) atoms. The quantitative estimate of drug-likeness (QED) is 0.580. The van der Waals surface area contributed by atoms with Crippen molar-refractivity contribution in [3.05, 3.63) is 0 Å². The lowest BCUT2D eigenvalue weighted by molar-refractivity contribution is -0.128. The highest BCUT2D eigenvalue weighted by Crippen LogP contribution is 2.22. The van der Waals surface area contributed by atoms with Crippen LogP contribution in [0.2, 0.25) is 0 Å². The highest BCUT2D eigenvalue weighted by Gasteiger charge is 2.31. The number of unbranched alkanes of at least 4 members (excludes halogenated alkanes) is 2. The van der Waals surface area contributed by atoms with E-state index in [4.69, 9.17) is 0 Å². The molecule has 2 N–H and O–H groups in total. The van der Waals surface area contributed by atoms with E-state index < -0.39 is 11.0 Å². The third-order valence-corrected chi connectivity index (χ3v) is 6.47. The topological polar surface area (TPSA) is 81.8 Å². The summed E-state index contributed by atoms with van der Waals surface area (Å²) in [5.41, 5.74) is -0.181. The lowest BCUT2D eigenvalue weighted by atomic mass is 9.86. The zero-order chi connectivity index (χ0) is 20.4. The normalized spacial score (nSPS) is 19.4. The molecule has 0 aromatic heterocycles. The summed E-state index contributed by atoms with van der Waals surface area (Å²) >= 11 is 0.